The summed E-state index contributed by atoms with van der Waals surface area (Å²) < 4.78 is 74.1. The molecule has 1 N–H and O–H groups in total. The van der Waals surface area contributed by atoms with Gasteiger partial charge in [0.05, 0.1) is 6.61 Å². The summed E-state index contributed by atoms with van der Waals surface area (Å²) in [6.07, 6.45) is -17.2. The Morgan fingerprint density at radius 1 is 0.545 bits per heavy atom. The lowest BCUT2D eigenvalue weighted by Crippen LogP contribution is -2.67. The zero-order chi connectivity index (χ0) is 48.6. The number of benzene rings is 2. The average Bonchev–Trinajstić information content (AvgIpc) is 3.20. The number of esters is 8. The molecule has 2 aliphatic heterocycles. The Hall–Kier alpha value is -6.95. The summed E-state index contributed by atoms with van der Waals surface area (Å²) in [5.41, 5.74) is -0.483. The average molecular weight is 931 g/mol. The van der Waals surface area contributed by atoms with Crippen LogP contribution in [0.1, 0.15) is 55.4 Å². The van der Waals surface area contributed by atoms with Gasteiger partial charge >= 0.3 is 47.8 Å². The molecule has 2 fully saturated rings. The molecule has 1 aromatic heterocycles. The summed E-state index contributed by atoms with van der Waals surface area (Å²) in [7, 11) is 0. The van der Waals surface area contributed by atoms with Crippen molar-refractivity contribution >= 4 is 58.7 Å². The zero-order valence-corrected chi connectivity index (χ0v) is 36.7. The third-order valence-electron chi connectivity index (χ3n) is 9.29. The van der Waals surface area contributed by atoms with E-state index in [1.807, 2.05) is 0 Å². The van der Waals surface area contributed by atoms with Crippen LogP contribution in [0.5, 0.6) is 17.2 Å². The van der Waals surface area contributed by atoms with Gasteiger partial charge in [-0.2, -0.15) is 0 Å². The molecule has 0 aliphatic carbocycles. The number of carbonyl (C=O) groups excluding carboxylic acids is 8. The van der Waals surface area contributed by atoms with E-state index < -0.39 is 128 Å². The second-order valence-corrected chi connectivity index (χ2v) is 14.6. The van der Waals surface area contributed by atoms with Crippen molar-refractivity contribution in [2.24, 2.45) is 0 Å². The number of rotatable bonds is 15. The van der Waals surface area contributed by atoms with Crippen LogP contribution in [0.4, 0.5) is 0 Å². The summed E-state index contributed by atoms with van der Waals surface area (Å²) in [6.45, 7) is 6.78. The van der Waals surface area contributed by atoms with E-state index in [1.54, 1.807) is 0 Å². The number of fused-ring (bicyclic) bond motifs is 1. The van der Waals surface area contributed by atoms with Crippen LogP contribution in [-0.4, -0.2) is 127 Å². The van der Waals surface area contributed by atoms with Crippen LogP contribution in [0.25, 0.3) is 22.3 Å². The molecule has 0 bridgehead atoms. The number of ether oxygens (including phenoxy) is 12. The van der Waals surface area contributed by atoms with Crippen molar-refractivity contribution in [2.75, 3.05) is 13.2 Å². The first-order chi connectivity index (χ1) is 31.1. The molecule has 0 amide bonds. The van der Waals surface area contributed by atoms with Crippen molar-refractivity contribution in [3.63, 3.8) is 0 Å². The Balaban J connectivity index is 1.62. The Morgan fingerprint density at radius 2 is 1.06 bits per heavy atom. The van der Waals surface area contributed by atoms with Gasteiger partial charge in [0.15, 0.2) is 36.1 Å². The molecule has 0 saturated carbocycles. The molecule has 3 heterocycles. The summed E-state index contributed by atoms with van der Waals surface area (Å²) in [6, 6.07) is 9.41. The largest absolute Gasteiger partial charge is 0.463 e. The monoisotopic (exact) mass is 930 g/mol. The second-order valence-electron chi connectivity index (χ2n) is 14.6. The standard InChI is InChI=1S/C43H46O23/c1-18(45)54-17-34-37(66-43-41(61-25(8)52)38(58-22(5)49)36(57-21(4)48)33(16-44)64-43)39(59-23(6)50)40(60-24(7)51)42(65-34)62-28-13-31(56-20(3)47)35-29(53)15-30(63-32(35)14-28)26-9-11-27(12-10-26)55-19(2)46/h9-15,33-34,36-44H,16-17H2,1-8H3/t33-,34+,36-,37?,38+,39-,40+,41+,42?,43?/m0/s1. The predicted molar refractivity (Wildman–Crippen MR) is 215 cm³/mol. The lowest BCUT2D eigenvalue weighted by molar-refractivity contribution is -0.354. The maximum atomic E-state index is 13.6. The van der Waals surface area contributed by atoms with Gasteiger partial charge in [0, 0.05) is 79.2 Å². The lowest BCUT2D eigenvalue weighted by atomic mass is 9.96. The maximum absolute atomic E-state index is 13.6. The number of aliphatic hydroxyl groups excluding tert-OH is 1. The summed E-state index contributed by atoms with van der Waals surface area (Å²) in [4.78, 5) is 112. The van der Waals surface area contributed by atoms with Gasteiger partial charge in [-0.15, -0.1) is 0 Å². The van der Waals surface area contributed by atoms with Crippen LogP contribution >= 0.6 is 0 Å². The molecule has 2 aliphatic rings. The highest BCUT2D eigenvalue weighted by molar-refractivity contribution is 5.89. The van der Waals surface area contributed by atoms with E-state index in [1.165, 1.54) is 37.3 Å². The fraction of sp³-hybridized carbons (Fsp3) is 0.465. The lowest BCUT2D eigenvalue weighted by Gasteiger charge is -2.48. The van der Waals surface area contributed by atoms with Gasteiger partial charge in [-0.25, -0.2) is 0 Å². The Labute approximate surface area is 374 Å². The maximum Gasteiger partial charge on any atom is 0.308 e. The number of hydrogen-bond acceptors (Lipinski definition) is 23. The van der Waals surface area contributed by atoms with E-state index in [9.17, 15) is 48.3 Å². The third-order valence-corrected chi connectivity index (χ3v) is 9.29. The molecular weight excluding hydrogens is 884 g/mol. The van der Waals surface area contributed by atoms with Crippen molar-refractivity contribution < 1.29 is 105 Å². The summed E-state index contributed by atoms with van der Waals surface area (Å²) >= 11 is 0. The Kier molecular flexibility index (Phi) is 16.5. The van der Waals surface area contributed by atoms with E-state index in [2.05, 4.69) is 0 Å². The van der Waals surface area contributed by atoms with Gasteiger partial charge in [0.1, 0.15) is 58.9 Å². The molecule has 0 spiro atoms. The van der Waals surface area contributed by atoms with Gasteiger partial charge in [-0.05, 0) is 24.3 Å². The topological polar surface area (TPSA) is 298 Å². The summed E-state index contributed by atoms with van der Waals surface area (Å²) in [5.74, 6) is -7.38. The third kappa shape index (κ3) is 12.9. The molecule has 23 heteroatoms. The van der Waals surface area contributed by atoms with Crippen LogP contribution in [0.15, 0.2) is 51.7 Å². The molecular formula is C43H46O23. The highest BCUT2D eigenvalue weighted by atomic mass is 16.8. The molecule has 3 unspecified atom stereocenters. The minimum atomic E-state index is -1.90. The second kappa shape index (κ2) is 21.8. The van der Waals surface area contributed by atoms with Crippen molar-refractivity contribution in [1.82, 2.24) is 0 Å². The van der Waals surface area contributed by atoms with Crippen LogP contribution in [-0.2, 0) is 81.0 Å². The smallest absolute Gasteiger partial charge is 0.308 e. The van der Waals surface area contributed by atoms with E-state index in [-0.39, 0.29) is 34.0 Å². The van der Waals surface area contributed by atoms with Crippen LogP contribution < -0.4 is 19.6 Å². The van der Waals surface area contributed by atoms with Crippen molar-refractivity contribution in [1.29, 1.82) is 0 Å². The van der Waals surface area contributed by atoms with Crippen molar-refractivity contribution in [2.45, 2.75) is 117 Å². The summed E-state index contributed by atoms with van der Waals surface area (Å²) in [5, 5.41) is 10.2. The fourth-order valence-corrected chi connectivity index (χ4v) is 7.04. The van der Waals surface area contributed by atoms with Crippen molar-refractivity contribution in [3.8, 4) is 28.6 Å². The van der Waals surface area contributed by atoms with E-state index in [0.29, 0.717) is 5.56 Å². The van der Waals surface area contributed by atoms with Crippen LogP contribution in [0.2, 0.25) is 0 Å². The molecule has 5 rings (SSSR count). The minimum absolute atomic E-state index is 0.0198. The number of carbonyl (C=O) groups is 8. The highest BCUT2D eigenvalue weighted by Gasteiger charge is 2.57. The van der Waals surface area contributed by atoms with E-state index in [0.717, 1.165) is 60.6 Å². The highest BCUT2D eigenvalue weighted by Crippen LogP contribution is 2.38. The molecule has 356 valence electrons. The van der Waals surface area contributed by atoms with E-state index in [4.69, 9.17) is 61.3 Å². The zero-order valence-electron chi connectivity index (χ0n) is 36.7. The van der Waals surface area contributed by atoms with Crippen molar-refractivity contribution in [3.05, 3.63) is 52.7 Å². The molecule has 23 nitrogen and oxygen atoms in total. The van der Waals surface area contributed by atoms with Gasteiger partial charge in [0.2, 0.25) is 12.4 Å². The molecule has 10 atom stereocenters. The van der Waals surface area contributed by atoms with Crippen LogP contribution in [0.3, 0.4) is 0 Å². The molecule has 66 heavy (non-hydrogen) atoms. The van der Waals surface area contributed by atoms with Gasteiger partial charge in [-0.1, -0.05) is 0 Å². The van der Waals surface area contributed by atoms with E-state index >= 15 is 0 Å². The van der Waals surface area contributed by atoms with Gasteiger partial charge < -0.3 is 66.4 Å². The fourth-order valence-electron chi connectivity index (χ4n) is 7.04. The molecule has 0 radical (unpaired) electrons. The van der Waals surface area contributed by atoms with Crippen LogP contribution in [0, 0.1) is 0 Å². The Bertz CT molecular complexity index is 2390. The first-order valence-electron chi connectivity index (χ1n) is 20.0. The predicted octanol–water partition coefficient (Wildman–Crippen LogP) is 1.74. The molecule has 3 aromatic rings. The number of aliphatic hydroxyl groups is 1. The number of hydrogen-bond donors (Lipinski definition) is 1. The normalized spacial score (nSPS) is 24.7. The first-order valence-corrected chi connectivity index (χ1v) is 20.0. The SMILES string of the molecule is CC(=O)OC[C@H]1OC(Oc2cc(OC(C)=O)c3c(=O)cc(-c4ccc(OC(C)=O)cc4)oc3c2)[C@H](OC(C)=O)[C@@H](OC(C)=O)C1OC1O[C@@H](CO)[C@H](OC(C)=O)[C@@H](OC(C)=O)[C@H]1OC(C)=O. The molecule has 2 aromatic carbocycles. The minimum Gasteiger partial charge on any atom is -0.463 e. The van der Waals surface area contributed by atoms with Gasteiger partial charge in [0.25, 0.3) is 0 Å². The van der Waals surface area contributed by atoms with Gasteiger partial charge in [-0.3, -0.25) is 43.2 Å². The first kappa shape index (κ1) is 50.1. The quantitative estimate of drug-likeness (QED) is 0.129. The Morgan fingerprint density at radius 3 is 1.59 bits per heavy atom. The molecule has 2 saturated heterocycles.